The van der Waals surface area contributed by atoms with Gasteiger partial charge < -0.3 is 15.6 Å². The highest BCUT2D eigenvalue weighted by atomic mass is 35.5. The van der Waals surface area contributed by atoms with E-state index >= 15 is 0 Å². The Hall–Kier alpha value is -2.96. The van der Waals surface area contributed by atoms with Crippen LogP contribution in [0.5, 0.6) is 0 Å². The SMILES string of the molecule is C/C(C(=O)Nc1ccc(Cl)c(Cl)c1)=c1/[nH]/c(=C(/C)C(=O)Nc2ccc(Cl)c(Cl)c2)c2ccccc12. The molecule has 0 aliphatic rings. The van der Waals surface area contributed by atoms with Crippen molar-refractivity contribution in [2.24, 2.45) is 0 Å². The molecule has 0 saturated carbocycles. The van der Waals surface area contributed by atoms with Gasteiger partial charge in [0, 0.05) is 33.3 Å². The summed E-state index contributed by atoms with van der Waals surface area (Å²) in [6.45, 7) is 3.42. The number of hydrogen-bond acceptors (Lipinski definition) is 2. The fourth-order valence-corrected chi connectivity index (χ4v) is 4.19. The summed E-state index contributed by atoms with van der Waals surface area (Å²) in [6.07, 6.45) is 0. The number of nitrogens with one attached hydrogen (secondary N) is 3. The van der Waals surface area contributed by atoms with Crippen LogP contribution in [-0.2, 0) is 9.59 Å². The Morgan fingerprint density at radius 2 is 1.03 bits per heavy atom. The molecule has 0 bridgehead atoms. The smallest absolute Gasteiger partial charge is 0.253 e. The Labute approximate surface area is 221 Å². The number of carbonyl (C=O) groups excluding carboxylic acids is 2. The van der Waals surface area contributed by atoms with Crippen molar-refractivity contribution >= 4 is 91.5 Å². The van der Waals surface area contributed by atoms with Gasteiger partial charge in [0.2, 0.25) is 0 Å². The van der Waals surface area contributed by atoms with E-state index in [0.717, 1.165) is 10.8 Å². The number of carbonyl (C=O) groups is 2. The number of H-pyrrole nitrogens is 1. The van der Waals surface area contributed by atoms with E-state index in [0.29, 0.717) is 53.3 Å². The van der Waals surface area contributed by atoms with E-state index in [1.807, 2.05) is 24.3 Å². The minimum atomic E-state index is -0.320. The average molecular weight is 547 g/mol. The highest BCUT2D eigenvalue weighted by Gasteiger charge is 2.14. The van der Waals surface area contributed by atoms with Crippen LogP contribution in [-0.4, -0.2) is 16.8 Å². The third-order valence-corrected chi connectivity index (χ3v) is 6.98. The molecular weight excluding hydrogens is 528 g/mol. The van der Waals surface area contributed by atoms with Gasteiger partial charge in [-0.2, -0.15) is 0 Å². The van der Waals surface area contributed by atoms with Gasteiger partial charge in [-0.1, -0.05) is 70.7 Å². The molecule has 0 atom stereocenters. The monoisotopic (exact) mass is 545 g/mol. The predicted molar refractivity (Wildman–Crippen MR) is 146 cm³/mol. The molecule has 1 aromatic heterocycles. The molecule has 3 N–H and O–H groups in total. The second kappa shape index (κ2) is 10.3. The number of aromatic amines is 1. The van der Waals surface area contributed by atoms with Gasteiger partial charge in [-0.15, -0.1) is 0 Å². The van der Waals surface area contributed by atoms with E-state index in [1.54, 1.807) is 50.2 Å². The maximum absolute atomic E-state index is 13.0. The molecule has 0 unspecified atom stereocenters. The van der Waals surface area contributed by atoms with Crippen molar-refractivity contribution in [1.82, 2.24) is 4.98 Å². The summed E-state index contributed by atoms with van der Waals surface area (Å²) in [5, 5.41) is 9.97. The quantitative estimate of drug-likeness (QED) is 0.277. The lowest BCUT2D eigenvalue weighted by molar-refractivity contribution is -0.112. The van der Waals surface area contributed by atoms with Gasteiger partial charge in [0.05, 0.1) is 30.8 Å². The first kappa shape index (κ1) is 25.1. The van der Waals surface area contributed by atoms with Crippen molar-refractivity contribution in [2.75, 3.05) is 10.6 Å². The summed E-state index contributed by atoms with van der Waals surface area (Å²) in [5.41, 5.74) is 1.92. The Kier molecular flexibility index (Phi) is 7.43. The van der Waals surface area contributed by atoms with Gasteiger partial charge in [0.25, 0.3) is 11.8 Å². The second-order valence-corrected chi connectivity index (χ2v) is 9.47. The molecule has 0 saturated heterocycles. The molecule has 4 rings (SSSR count). The first-order valence-corrected chi connectivity index (χ1v) is 12.0. The molecule has 0 radical (unpaired) electrons. The van der Waals surface area contributed by atoms with E-state index in [4.69, 9.17) is 46.4 Å². The van der Waals surface area contributed by atoms with Crippen LogP contribution in [0, 0.1) is 0 Å². The lowest BCUT2D eigenvalue weighted by Crippen LogP contribution is -2.24. The molecule has 3 aromatic carbocycles. The van der Waals surface area contributed by atoms with Crippen molar-refractivity contribution in [3.63, 3.8) is 0 Å². The number of fused-ring (bicyclic) bond motifs is 1. The summed E-state index contributed by atoms with van der Waals surface area (Å²) in [7, 11) is 0. The number of amides is 2. The van der Waals surface area contributed by atoms with Crippen LogP contribution in [0.25, 0.3) is 21.9 Å². The first-order valence-electron chi connectivity index (χ1n) is 10.5. The molecule has 178 valence electrons. The number of rotatable bonds is 4. The number of aromatic nitrogens is 1. The highest BCUT2D eigenvalue weighted by molar-refractivity contribution is 6.42. The Morgan fingerprint density at radius 1 is 0.629 bits per heavy atom. The van der Waals surface area contributed by atoms with E-state index in [1.165, 1.54) is 0 Å². The van der Waals surface area contributed by atoms with Crippen molar-refractivity contribution in [2.45, 2.75) is 13.8 Å². The van der Waals surface area contributed by atoms with Crippen LogP contribution in [0.2, 0.25) is 20.1 Å². The van der Waals surface area contributed by atoms with Crippen molar-refractivity contribution in [3.05, 3.63) is 91.5 Å². The molecule has 4 aromatic rings. The molecule has 9 heteroatoms. The van der Waals surface area contributed by atoms with Gasteiger partial charge in [-0.25, -0.2) is 0 Å². The number of anilines is 2. The predicted octanol–water partition coefficient (Wildman–Crippen LogP) is 6.40. The minimum absolute atomic E-state index is 0.320. The summed E-state index contributed by atoms with van der Waals surface area (Å²) in [6, 6.07) is 17.3. The van der Waals surface area contributed by atoms with E-state index in [2.05, 4.69) is 15.6 Å². The topological polar surface area (TPSA) is 74.0 Å². The maximum atomic E-state index is 13.0. The molecule has 1 heterocycles. The number of benzene rings is 3. The molecule has 0 aliphatic heterocycles. The molecule has 0 spiro atoms. The summed E-state index contributed by atoms with van der Waals surface area (Å²) in [4.78, 5) is 29.3. The zero-order chi connectivity index (χ0) is 25.3. The lowest BCUT2D eigenvalue weighted by atomic mass is 10.1. The van der Waals surface area contributed by atoms with E-state index in [-0.39, 0.29) is 11.8 Å². The fraction of sp³-hybridized carbons (Fsp3) is 0.0769. The van der Waals surface area contributed by atoms with Gasteiger partial charge in [0.1, 0.15) is 0 Å². The van der Waals surface area contributed by atoms with E-state index in [9.17, 15) is 9.59 Å². The number of hydrogen-bond donors (Lipinski definition) is 3. The normalized spacial score (nSPS) is 12.9. The summed E-state index contributed by atoms with van der Waals surface area (Å²) >= 11 is 24.1. The van der Waals surface area contributed by atoms with Crippen molar-refractivity contribution in [3.8, 4) is 0 Å². The van der Waals surface area contributed by atoms with Crippen LogP contribution in [0.4, 0.5) is 11.4 Å². The van der Waals surface area contributed by atoms with Crippen LogP contribution in [0.15, 0.2) is 60.7 Å². The third-order valence-electron chi connectivity index (χ3n) is 5.50. The Balaban J connectivity index is 1.76. The Morgan fingerprint density at radius 3 is 1.40 bits per heavy atom. The lowest BCUT2D eigenvalue weighted by Gasteiger charge is -2.06. The highest BCUT2D eigenvalue weighted by Crippen LogP contribution is 2.26. The molecule has 0 aliphatic carbocycles. The van der Waals surface area contributed by atoms with Gasteiger partial charge >= 0.3 is 0 Å². The standard InChI is InChI=1S/C26H19Cl4N3O2/c1-13(25(34)31-15-7-9-19(27)21(29)11-15)23-17-5-3-4-6-18(17)24(33-23)14(2)26(35)32-16-8-10-20(28)22(30)12-16/h3-12,33H,1-2H3,(H,31,34)(H,32,35)/b23-13-,24-14-. The van der Waals surface area contributed by atoms with Crippen LogP contribution in [0.3, 0.4) is 0 Å². The largest absolute Gasteiger partial charge is 0.354 e. The van der Waals surface area contributed by atoms with Crippen LogP contribution in [0.1, 0.15) is 13.8 Å². The zero-order valence-corrected chi connectivity index (χ0v) is 21.6. The maximum Gasteiger partial charge on any atom is 0.253 e. The second-order valence-electron chi connectivity index (χ2n) is 7.84. The van der Waals surface area contributed by atoms with Gasteiger partial charge in [0.15, 0.2) is 0 Å². The molecule has 2 amide bonds. The summed E-state index contributed by atoms with van der Waals surface area (Å²) < 4.78 is 0. The average Bonchev–Trinajstić information content (AvgIpc) is 3.22. The van der Waals surface area contributed by atoms with Gasteiger partial charge in [-0.05, 0) is 50.2 Å². The molecule has 35 heavy (non-hydrogen) atoms. The number of halogens is 4. The summed E-state index contributed by atoms with van der Waals surface area (Å²) in [5.74, 6) is -0.639. The first-order chi connectivity index (χ1) is 16.7. The van der Waals surface area contributed by atoms with Crippen LogP contribution >= 0.6 is 46.4 Å². The van der Waals surface area contributed by atoms with E-state index < -0.39 is 0 Å². The van der Waals surface area contributed by atoms with Crippen LogP contribution < -0.4 is 21.3 Å². The molecular formula is C26H19Cl4N3O2. The molecule has 0 fully saturated rings. The van der Waals surface area contributed by atoms with Crippen molar-refractivity contribution in [1.29, 1.82) is 0 Å². The Bertz CT molecular complexity index is 1490. The fourth-order valence-electron chi connectivity index (χ4n) is 3.59. The third kappa shape index (κ3) is 5.34. The zero-order valence-electron chi connectivity index (χ0n) is 18.6. The van der Waals surface area contributed by atoms with Crippen molar-refractivity contribution < 1.29 is 9.59 Å². The van der Waals surface area contributed by atoms with Gasteiger partial charge in [-0.3, -0.25) is 9.59 Å². The molecule has 5 nitrogen and oxygen atoms in total. The minimum Gasteiger partial charge on any atom is -0.354 e.